The van der Waals surface area contributed by atoms with Gasteiger partial charge in [0.1, 0.15) is 0 Å². The van der Waals surface area contributed by atoms with E-state index in [0.717, 1.165) is 6.04 Å². The fraction of sp³-hybridized carbons (Fsp3) is 1.00. The molecule has 1 rings (SSSR count). The smallest absolute Gasteiger partial charge is 0.00695 e. The Hall–Kier alpha value is -0.0400. The van der Waals surface area contributed by atoms with E-state index in [1.807, 2.05) is 0 Å². The largest absolute Gasteiger partial charge is 0.312 e. The number of hydrogen-bond donors (Lipinski definition) is 1. The molecule has 0 heterocycles. The molecule has 1 heteroatoms. The minimum Gasteiger partial charge on any atom is -0.312 e. The average molecular weight is 253 g/mol. The second kappa shape index (κ2) is 10.8. The van der Waals surface area contributed by atoms with Gasteiger partial charge in [0, 0.05) is 12.1 Å². The van der Waals surface area contributed by atoms with Gasteiger partial charge in [-0.25, -0.2) is 0 Å². The summed E-state index contributed by atoms with van der Waals surface area (Å²) in [6.07, 6.45) is 18.6. The summed E-state index contributed by atoms with van der Waals surface area (Å²) in [6, 6.07) is 1.51. The van der Waals surface area contributed by atoms with Crippen molar-refractivity contribution in [2.45, 2.75) is 109 Å². The lowest BCUT2D eigenvalue weighted by Crippen LogP contribution is -2.36. The van der Waals surface area contributed by atoms with E-state index in [0.29, 0.717) is 6.04 Å². The monoisotopic (exact) mass is 253 g/mol. The first-order valence-electron chi connectivity index (χ1n) is 8.59. The Morgan fingerprint density at radius 3 is 1.72 bits per heavy atom. The van der Waals surface area contributed by atoms with E-state index in [1.54, 1.807) is 0 Å². The van der Waals surface area contributed by atoms with Gasteiger partial charge in [-0.2, -0.15) is 0 Å². The van der Waals surface area contributed by atoms with Gasteiger partial charge in [-0.3, -0.25) is 0 Å². The third kappa shape index (κ3) is 8.13. The summed E-state index contributed by atoms with van der Waals surface area (Å²) in [5, 5.41) is 3.87. The highest BCUT2D eigenvalue weighted by molar-refractivity contribution is 4.72. The molecular formula is C17H35N. The molecule has 1 N–H and O–H groups in total. The maximum Gasteiger partial charge on any atom is 0.00695 e. The fourth-order valence-corrected chi connectivity index (χ4v) is 3.25. The topological polar surface area (TPSA) is 12.0 Å². The van der Waals surface area contributed by atoms with Crippen LogP contribution in [-0.4, -0.2) is 12.1 Å². The van der Waals surface area contributed by atoms with Crippen LogP contribution in [-0.2, 0) is 0 Å². The molecule has 1 nitrogen and oxygen atoms in total. The molecule has 0 aromatic heterocycles. The molecule has 0 aromatic rings. The summed E-state index contributed by atoms with van der Waals surface area (Å²) in [4.78, 5) is 0. The highest BCUT2D eigenvalue weighted by Crippen LogP contribution is 2.17. The minimum absolute atomic E-state index is 0.716. The standard InChI is InChI=1S/C17H35N/c1-3-13-16(2)18-17-14-11-9-7-5-4-6-8-10-12-15-17/h16-18H,3-15H2,1-2H3. The molecule has 1 unspecified atom stereocenters. The quantitative estimate of drug-likeness (QED) is 0.703. The van der Waals surface area contributed by atoms with Crippen LogP contribution in [0.4, 0.5) is 0 Å². The van der Waals surface area contributed by atoms with E-state index in [-0.39, 0.29) is 0 Å². The van der Waals surface area contributed by atoms with Crippen molar-refractivity contribution in [2.24, 2.45) is 0 Å². The van der Waals surface area contributed by atoms with E-state index in [9.17, 15) is 0 Å². The highest BCUT2D eigenvalue weighted by Gasteiger charge is 2.11. The first-order valence-corrected chi connectivity index (χ1v) is 8.59. The van der Waals surface area contributed by atoms with Crippen LogP contribution in [0.25, 0.3) is 0 Å². The van der Waals surface area contributed by atoms with Crippen LogP contribution in [0, 0.1) is 0 Å². The fourth-order valence-electron chi connectivity index (χ4n) is 3.25. The van der Waals surface area contributed by atoms with Crippen molar-refractivity contribution < 1.29 is 0 Å². The molecule has 0 bridgehead atoms. The second-order valence-electron chi connectivity index (χ2n) is 6.31. The van der Waals surface area contributed by atoms with E-state index >= 15 is 0 Å². The van der Waals surface area contributed by atoms with E-state index in [2.05, 4.69) is 19.2 Å². The van der Waals surface area contributed by atoms with Gasteiger partial charge in [0.2, 0.25) is 0 Å². The van der Waals surface area contributed by atoms with Crippen LogP contribution >= 0.6 is 0 Å². The van der Waals surface area contributed by atoms with Gasteiger partial charge in [-0.1, -0.05) is 71.1 Å². The molecule has 0 spiro atoms. The maximum atomic E-state index is 3.87. The van der Waals surface area contributed by atoms with Gasteiger partial charge in [0.05, 0.1) is 0 Å². The van der Waals surface area contributed by atoms with Crippen LogP contribution in [0.3, 0.4) is 0 Å². The van der Waals surface area contributed by atoms with Gasteiger partial charge in [0.25, 0.3) is 0 Å². The summed E-state index contributed by atoms with van der Waals surface area (Å²) >= 11 is 0. The van der Waals surface area contributed by atoms with Crippen molar-refractivity contribution in [1.29, 1.82) is 0 Å². The van der Waals surface area contributed by atoms with Crippen molar-refractivity contribution >= 4 is 0 Å². The van der Waals surface area contributed by atoms with Gasteiger partial charge < -0.3 is 5.32 Å². The molecule has 0 saturated heterocycles. The van der Waals surface area contributed by atoms with E-state index in [4.69, 9.17) is 0 Å². The Morgan fingerprint density at radius 1 is 0.833 bits per heavy atom. The molecule has 1 aliphatic carbocycles. The van der Waals surface area contributed by atoms with Crippen molar-refractivity contribution in [3.63, 3.8) is 0 Å². The second-order valence-corrected chi connectivity index (χ2v) is 6.31. The molecule has 0 radical (unpaired) electrons. The van der Waals surface area contributed by atoms with Gasteiger partial charge in [-0.05, 0) is 26.2 Å². The zero-order chi connectivity index (χ0) is 13.1. The molecule has 1 aliphatic rings. The summed E-state index contributed by atoms with van der Waals surface area (Å²) in [6.45, 7) is 4.65. The average Bonchev–Trinajstić information content (AvgIpc) is 2.33. The predicted octanol–water partition coefficient (Wildman–Crippen LogP) is 5.44. The normalized spacial score (nSPS) is 23.0. The highest BCUT2D eigenvalue weighted by atomic mass is 14.9. The van der Waals surface area contributed by atoms with E-state index in [1.165, 1.54) is 83.5 Å². The maximum absolute atomic E-state index is 3.87. The number of rotatable bonds is 4. The van der Waals surface area contributed by atoms with Gasteiger partial charge in [0.15, 0.2) is 0 Å². The molecule has 1 saturated carbocycles. The molecule has 0 amide bonds. The third-order valence-electron chi connectivity index (χ3n) is 4.35. The van der Waals surface area contributed by atoms with Crippen LogP contribution in [0.2, 0.25) is 0 Å². The van der Waals surface area contributed by atoms with Gasteiger partial charge >= 0.3 is 0 Å². The van der Waals surface area contributed by atoms with Crippen molar-refractivity contribution in [3.8, 4) is 0 Å². The van der Waals surface area contributed by atoms with Crippen molar-refractivity contribution in [2.75, 3.05) is 0 Å². The molecule has 1 fully saturated rings. The summed E-state index contributed by atoms with van der Waals surface area (Å²) < 4.78 is 0. The zero-order valence-corrected chi connectivity index (χ0v) is 12.8. The van der Waals surface area contributed by atoms with Crippen molar-refractivity contribution in [3.05, 3.63) is 0 Å². The molecule has 108 valence electrons. The van der Waals surface area contributed by atoms with Crippen LogP contribution in [0.1, 0.15) is 97.3 Å². The SMILES string of the molecule is CCCC(C)NC1CCCCCCCCCCC1. The van der Waals surface area contributed by atoms with Crippen LogP contribution < -0.4 is 5.32 Å². The lowest BCUT2D eigenvalue weighted by molar-refractivity contribution is 0.361. The number of nitrogens with one attached hydrogen (secondary N) is 1. The first-order chi connectivity index (χ1) is 8.83. The Balaban J connectivity index is 2.27. The first kappa shape index (κ1) is 16.0. The minimum atomic E-state index is 0.716. The molecule has 0 aromatic carbocycles. The van der Waals surface area contributed by atoms with E-state index < -0.39 is 0 Å². The molecule has 1 atom stereocenters. The molecule has 0 aliphatic heterocycles. The Kier molecular flexibility index (Phi) is 9.65. The number of hydrogen-bond acceptors (Lipinski definition) is 1. The Labute approximate surface area is 115 Å². The van der Waals surface area contributed by atoms with Crippen LogP contribution in [0.15, 0.2) is 0 Å². The summed E-state index contributed by atoms with van der Waals surface area (Å²) in [7, 11) is 0. The molecular weight excluding hydrogens is 218 g/mol. The zero-order valence-electron chi connectivity index (χ0n) is 12.8. The lowest BCUT2D eigenvalue weighted by Gasteiger charge is -2.23. The Bertz CT molecular complexity index is 166. The van der Waals surface area contributed by atoms with Crippen molar-refractivity contribution in [1.82, 2.24) is 5.32 Å². The molecule has 18 heavy (non-hydrogen) atoms. The summed E-state index contributed by atoms with van der Waals surface area (Å²) in [5.74, 6) is 0. The predicted molar refractivity (Wildman–Crippen MR) is 82.1 cm³/mol. The third-order valence-corrected chi connectivity index (χ3v) is 4.35. The summed E-state index contributed by atoms with van der Waals surface area (Å²) in [5.41, 5.74) is 0. The van der Waals surface area contributed by atoms with Gasteiger partial charge in [-0.15, -0.1) is 0 Å². The lowest BCUT2D eigenvalue weighted by atomic mass is 9.97. The van der Waals surface area contributed by atoms with Crippen LogP contribution in [0.5, 0.6) is 0 Å². The Morgan fingerprint density at radius 2 is 1.28 bits per heavy atom.